The molecule has 202 valence electrons. The third-order valence-corrected chi connectivity index (χ3v) is 5.24. The summed E-state index contributed by atoms with van der Waals surface area (Å²) in [6.07, 6.45) is -9.26. The van der Waals surface area contributed by atoms with Gasteiger partial charge in [0.1, 0.15) is 0 Å². The van der Waals surface area contributed by atoms with Crippen LogP contribution in [0.1, 0.15) is 0 Å². The summed E-state index contributed by atoms with van der Waals surface area (Å²) < 4.78 is 235. The lowest BCUT2D eigenvalue weighted by Gasteiger charge is -2.42. The largest absolute Gasteiger partial charge is 0.460 e. The standard InChI is InChI=1S/C16H7F17OS/c17-9(18,6-7-35(34)8-4-2-1-3-5-8)10(19,20)11(21,22)12(23,24)13(25,26)14(27,28)15(29,30)16(31,32)33/h1-7H/b7-6+. The highest BCUT2D eigenvalue weighted by atomic mass is 32.2. The maximum atomic E-state index is 13.7. The third kappa shape index (κ3) is 4.59. The fraction of sp³-hybridized carbons (Fsp3) is 0.500. The molecular weight excluding hydrogens is 563 g/mol. The van der Waals surface area contributed by atoms with Crippen molar-refractivity contribution >= 4 is 10.8 Å². The quantitative estimate of drug-likeness (QED) is 0.285. The van der Waals surface area contributed by atoms with Crippen molar-refractivity contribution in [1.82, 2.24) is 0 Å². The van der Waals surface area contributed by atoms with E-state index in [-0.39, 0.29) is 0 Å². The van der Waals surface area contributed by atoms with E-state index in [1.807, 2.05) is 0 Å². The van der Waals surface area contributed by atoms with Crippen LogP contribution >= 0.6 is 0 Å². The SMILES string of the molecule is O=S(/C=C/C(F)(F)C(F)(F)C(F)(F)C(F)(F)C(F)(F)C(F)(F)C(F)(F)C(F)(F)F)c1ccccc1. The summed E-state index contributed by atoms with van der Waals surface area (Å²) >= 11 is 0. The second-order valence-electron chi connectivity index (χ2n) is 6.48. The summed E-state index contributed by atoms with van der Waals surface area (Å²) in [6.45, 7) is 0. The van der Waals surface area contributed by atoms with E-state index in [4.69, 9.17) is 0 Å². The smallest absolute Gasteiger partial charge is 0.250 e. The Morgan fingerprint density at radius 2 is 0.857 bits per heavy atom. The van der Waals surface area contributed by atoms with Gasteiger partial charge in [0, 0.05) is 16.4 Å². The van der Waals surface area contributed by atoms with E-state index in [2.05, 4.69) is 0 Å². The predicted molar refractivity (Wildman–Crippen MR) is 82.7 cm³/mol. The Bertz CT molecular complexity index is 949. The molecule has 0 aromatic heterocycles. The molecule has 19 heteroatoms. The number of benzene rings is 1. The minimum absolute atomic E-state index is 0.472. The van der Waals surface area contributed by atoms with E-state index in [0.717, 1.165) is 24.3 Å². The van der Waals surface area contributed by atoms with Gasteiger partial charge in [0.2, 0.25) is 0 Å². The molecule has 1 nitrogen and oxygen atoms in total. The Morgan fingerprint density at radius 1 is 0.514 bits per heavy atom. The minimum atomic E-state index is -8.68. The molecule has 1 aromatic rings. The Labute approximate surface area is 185 Å². The molecule has 1 unspecified atom stereocenters. The number of hydrogen-bond acceptors (Lipinski definition) is 1. The lowest BCUT2D eigenvalue weighted by atomic mass is 9.89. The van der Waals surface area contributed by atoms with Crippen LogP contribution in [0.3, 0.4) is 0 Å². The van der Waals surface area contributed by atoms with Crippen molar-refractivity contribution in [1.29, 1.82) is 0 Å². The molecule has 0 aliphatic carbocycles. The Hall–Kier alpha value is -2.08. The second kappa shape index (κ2) is 8.79. The molecule has 0 saturated carbocycles. The number of allylic oxidation sites excluding steroid dienone is 1. The summed E-state index contributed by atoms with van der Waals surface area (Å²) in [7, 11) is -2.88. The van der Waals surface area contributed by atoms with Gasteiger partial charge >= 0.3 is 47.6 Å². The molecule has 0 amide bonds. The van der Waals surface area contributed by atoms with Crippen molar-refractivity contribution < 1.29 is 78.8 Å². The summed E-state index contributed by atoms with van der Waals surface area (Å²) in [6, 6.07) is 5.24. The minimum Gasteiger partial charge on any atom is -0.250 e. The van der Waals surface area contributed by atoms with Crippen molar-refractivity contribution in [2.45, 2.75) is 52.5 Å². The number of alkyl halides is 17. The van der Waals surface area contributed by atoms with Crippen molar-refractivity contribution in [3.63, 3.8) is 0 Å². The molecule has 1 atom stereocenters. The molecule has 0 fully saturated rings. The molecule has 1 aromatic carbocycles. The first-order valence-corrected chi connectivity index (χ1v) is 9.31. The number of hydrogen-bond donors (Lipinski definition) is 0. The molecule has 0 spiro atoms. The first kappa shape index (κ1) is 31.0. The van der Waals surface area contributed by atoms with Crippen LogP contribution in [-0.4, -0.2) is 51.8 Å². The zero-order valence-corrected chi connectivity index (χ0v) is 16.6. The van der Waals surface area contributed by atoms with Crippen LogP contribution in [0.25, 0.3) is 0 Å². The van der Waals surface area contributed by atoms with E-state index < -0.39 is 74.8 Å². The highest BCUT2D eigenvalue weighted by Crippen LogP contribution is 2.64. The van der Waals surface area contributed by atoms with Gasteiger partial charge in [-0.3, -0.25) is 0 Å². The molecule has 0 N–H and O–H groups in total. The van der Waals surface area contributed by atoms with Gasteiger partial charge in [0.25, 0.3) is 0 Å². The van der Waals surface area contributed by atoms with Gasteiger partial charge < -0.3 is 0 Å². The van der Waals surface area contributed by atoms with Crippen molar-refractivity contribution in [3.05, 3.63) is 41.8 Å². The van der Waals surface area contributed by atoms with Crippen LogP contribution in [-0.2, 0) is 10.8 Å². The van der Waals surface area contributed by atoms with E-state index in [9.17, 15) is 78.8 Å². The molecular formula is C16H7F17OS. The number of rotatable bonds is 9. The van der Waals surface area contributed by atoms with Crippen LogP contribution in [0.5, 0.6) is 0 Å². The molecule has 0 aliphatic rings. The zero-order valence-electron chi connectivity index (χ0n) is 15.8. The summed E-state index contributed by atoms with van der Waals surface area (Å²) in [5, 5.41) is -0.512. The van der Waals surface area contributed by atoms with Crippen LogP contribution in [0.4, 0.5) is 74.6 Å². The average molecular weight is 570 g/mol. The molecule has 0 saturated heterocycles. The maximum Gasteiger partial charge on any atom is 0.460 e. The van der Waals surface area contributed by atoms with Gasteiger partial charge in [-0.25, -0.2) is 4.21 Å². The van der Waals surface area contributed by atoms with Gasteiger partial charge in [-0.1, -0.05) is 18.2 Å². The predicted octanol–water partition coefficient (Wildman–Crippen LogP) is 7.32. The fourth-order valence-corrected chi connectivity index (χ4v) is 2.94. The number of halogens is 17. The highest BCUT2D eigenvalue weighted by molar-refractivity contribution is 7.88. The van der Waals surface area contributed by atoms with Gasteiger partial charge in [0.15, 0.2) is 0 Å². The second-order valence-corrected chi connectivity index (χ2v) is 7.82. The molecule has 1 rings (SSSR count). The molecule has 35 heavy (non-hydrogen) atoms. The van der Waals surface area contributed by atoms with Crippen molar-refractivity contribution in [2.75, 3.05) is 0 Å². The van der Waals surface area contributed by atoms with Crippen LogP contribution in [0, 0.1) is 0 Å². The third-order valence-electron chi connectivity index (χ3n) is 4.12. The van der Waals surface area contributed by atoms with E-state index >= 15 is 0 Å². The lowest BCUT2D eigenvalue weighted by Crippen LogP contribution is -2.74. The van der Waals surface area contributed by atoms with E-state index in [1.165, 1.54) is 6.07 Å². The fourth-order valence-electron chi connectivity index (χ4n) is 2.06. The topological polar surface area (TPSA) is 17.1 Å². The lowest BCUT2D eigenvalue weighted by molar-refractivity contribution is -0.459. The molecule has 0 aliphatic heterocycles. The van der Waals surface area contributed by atoms with Crippen LogP contribution in [0.2, 0.25) is 0 Å². The van der Waals surface area contributed by atoms with Crippen LogP contribution in [0.15, 0.2) is 46.7 Å². The van der Waals surface area contributed by atoms with Gasteiger partial charge in [0.05, 0.1) is 10.8 Å². The van der Waals surface area contributed by atoms with Gasteiger partial charge in [-0.2, -0.15) is 74.6 Å². The summed E-state index contributed by atoms with van der Waals surface area (Å²) in [5.74, 6) is -57.0. The molecule has 0 heterocycles. The first-order valence-electron chi connectivity index (χ1n) is 8.10. The highest BCUT2D eigenvalue weighted by Gasteiger charge is 2.95. The molecule has 0 bridgehead atoms. The summed E-state index contributed by atoms with van der Waals surface area (Å²) in [5.41, 5.74) is 0. The average Bonchev–Trinajstić information content (AvgIpc) is 2.70. The van der Waals surface area contributed by atoms with Gasteiger partial charge in [-0.15, -0.1) is 0 Å². The van der Waals surface area contributed by atoms with E-state index in [1.54, 1.807) is 0 Å². The van der Waals surface area contributed by atoms with Crippen molar-refractivity contribution in [3.8, 4) is 0 Å². The van der Waals surface area contributed by atoms with Crippen molar-refractivity contribution in [2.24, 2.45) is 0 Å². The maximum absolute atomic E-state index is 13.7. The Balaban J connectivity index is 3.54. The van der Waals surface area contributed by atoms with Gasteiger partial charge in [-0.05, 0) is 12.1 Å². The van der Waals surface area contributed by atoms with E-state index in [0.29, 0.717) is 0 Å². The monoisotopic (exact) mass is 570 g/mol. The summed E-state index contributed by atoms with van der Waals surface area (Å²) in [4.78, 5) is -0.472. The normalized spacial score (nSPS) is 16.6. The Morgan fingerprint density at radius 3 is 1.23 bits per heavy atom. The zero-order chi connectivity index (χ0) is 28.1. The molecule has 0 radical (unpaired) electrons. The Kier molecular flexibility index (Phi) is 7.77. The first-order chi connectivity index (χ1) is 15.2. The van der Waals surface area contributed by atoms with Crippen LogP contribution < -0.4 is 0 Å².